The Bertz CT molecular complexity index is 1400. The van der Waals surface area contributed by atoms with E-state index in [1.807, 2.05) is 53.1 Å². The van der Waals surface area contributed by atoms with E-state index >= 15 is 0 Å². The molecular formula is C22H16N8O. The lowest BCUT2D eigenvalue weighted by Crippen LogP contribution is -2.03. The second-order valence-corrected chi connectivity index (χ2v) is 6.85. The highest BCUT2D eigenvalue weighted by molar-refractivity contribution is 5.83. The largest absolute Gasteiger partial charge is 0.508 e. The maximum atomic E-state index is 9.68. The molecule has 2 aromatic carbocycles. The van der Waals surface area contributed by atoms with E-state index in [1.54, 1.807) is 23.0 Å². The van der Waals surface area contributed by atoms with Gasteiger partial charge >= 0.3 is 0 Å². The van der Waals surface area contributed by atoms with Gasteiger partial charge in [0.25, 0.3) is 0 Å². The zero-order valence-electron chi connectivity index (χ0n) is 16.3. The molecule has 0 bridgehead atoms. The summed E-state index contributed by atoms with van der Waals surface area (Å²) in [7, 11) is 0. The van der Waals surface area contributed by atoms with Gasteiger partial charge in [-0.1, -0.05) is 18.2 Å². The van der Waals surface area contributed by atoms with E-state index in [0.29, 0.717) is 41.3 Å². The van der Waals surface area contributed by atoms with Crippen molar-refractivity contribution in [1.29, 1.82) is 5.26 Å². The minimum absolute atomic E-state index is 0.190. The summed E-state index contributed by atoms with van der Waals surface area (Å²) in [6.07, 6.45) is 2.01. The predicted molar refractivity (Wildman–Crippen MR) is 113 cm³/mol. The molecule has 0 aliphatic heterocycles. The summed E-state index contributed by atoms with van der Waals surface area (Å²) in [5.41, 5.74) is 3.85. The first-order valence-corrected chi connectivity index (χ1v) is 9.61. The number of nitriles is 1. The molecule has 0 fully saturated rings. The topological polar surface area (TPSA) is 118 Å². The lowest BCUT2D eigenvalue weighted by molar-refractivity contribution is 0.475. The highest BCUT2D eigenvalue weighted by Gasteiger charge is 2.18. The van der Waals surface area contributed by atoms with Crippen LogP contribution >= 0.6 is 0 Å². The SMILES string of the molecule is N#CCCn1nnnc1-c1cnc2c(c1)nc(-c1ccc(O)cc1)n2-c1ccccc1. The summed E-state index contributed by atoms with van der Waals surface area (Å²) in [6.45, 7) is 0.397. The predicted octanol–water partition coefficient (Wildman–Crippen LogP) is 3.36. The Morgan fingerprint density at radius 3 is 2.55 bits per heavy atom. The van der Waals surface area contributed by atoms with Crippen LogP contribution in [0.3, 0.4) is 0 Å². The van der Waals surface area contributed by atoms with Crippen LogP contribution in [0.15, 0.2) is 66.9 Å². The van der Waals surface area contributed by atoms with E-state index < -0.39 is 0 Å². The number of tetrazole rings is 1. The fourth-order valence-corrected chi connectivity index (χ4v) is 3.43. The minimum Gasteiger partial charge on any atom is -0.508 e. The van der Waals surface area contributed by atoms with Gasteiger partial charge in [0.05, 0.1) is 19.0 Å². The van der Waals surface area contributed by atoms with Crippen LogP contribution in [0.5, 0.6) is 5.75 Å². The molecule has 0 amide bonds. The molecular weight excluding hydrogens is 392 g/mol. The van der Waals surface area contributed by atoms with Crippen LogP contribution in [0.1, 0.15) is 6.42 Å². The van der Waals surface area contributed by atoms with E-state index in [9.17, 15) is 5.11 Å². The molecule has 0 saturated carbocycles. The first-order valence-electron chi connectivity index (χ1n) is 9.61. The van der Waals surface area contributed by atoms with Gasteiger partial charge in [-0.15, -0.1) is 5.10 Å². The molecule has 3 heterocycles. The molecule has 0 aliphatic rings. The van der Waals surface area contributed by atoms with Crippen molar-refractivity contribution in [3.05, 3.63) is 66.9 Å². The average molecular weight is 408 g/mol. The van der Waals surface area contributed by atoms with E-state index in [2.05, 4.69) is 26.6 Å². The number of rotatable bonds is 5. The third-order valence-corrected chi connectivity index (χ3v) is 4.86. The summed E-state index contributed by atoms with van der Waals surface area (Å²) < 4.78 is 3.56. The normalized spacial score (nSPS) is 10.9. The maximum absolute atomic E-state index is 9.68. The van der Waals surface area contributed by atoms with Gasteiger partial charge in [0.1, 0.15) is 17.1 Å². The molecule has 5 aromatic rings. The van der Waals surface area contributed by atoms with Gasteiger partial charge in [0.15, 0.2) is 11.5 Å². The van der Waals surface area contributed by atoms with Crippen LogP contribution in [0, 0.1) is 11.3 Å². The molecule has 9 nitrogen and oxygen atoms in total. The number of benzene rings is 2. The van der Waals surface area contributed by atoms with Crippen LogP contribution in [0.4, 0.5) is 0 Å². The monoisotopic (exact) mass is 408 g/mol. The quantitative estimate of drug-likeness (QED) is 0.474. The maximum Gasteiger partial charge on any atom is 0.183 e. The number of phenolic OH excluding ortho intramolecular Hbond substituents is 1. The van der Waals surface area contributed by atoms with Crippen LogP contribution in [0.25, 0.3) is 39.6 Å². The summed E-state index contributed by atoms with van der Waals surface area (Å²) >= 11 is 0. The van der Waals surface area contributed by atoms with Crippen LogP contribution < -0.4 is 0 Å². The number of aromatic nitrogens is 7. The Kier molecular flexibility index (Phi) is 4.57. The molecule has 0 aliphatic carbocycles. The average Bonchev–Trinajstić information content (AvgIpc) is 3.43. The number of nitrogens with zero attached hydrogens (tertiary/aromatic N) is 8. The molecule has 0 spiro atoms. The standard InChI is InChI=1S/C22H16N8O/c23-11-4-12-29-21(26-27-28-29)16-13-19-22(24-14-16)30(17-5-2-1-3-6-17)20(25-19)15-7-9-18(31)10-8-15/h1-3,5-10,13-14,31H,4,12H2. The smallest absolute Gasteiger partial charge is 0.183 e. The molecule has 0 unspecified atom stereocenters. The number of imidazole rings is 1. The summed E-state index contributed by atoms with van der Waals surface area (Å²) in [4.78, 5) is 9.52. The molecule has 3 aromatic heterocycles. The van der Waals surface area contributed by atoms with Crippen molar-refractivity contribution >= 4 is 11.2 Å². The lowest BCUT2D eigenvalue weighted by Gasteiger charge is -2.09. The van der Waals surface area contributed by atoms with Crippen LogP contribution in [-0.2, 0) is 6.54 Å². The Balaban J connectivity index is 1.69. The molecule has 9 heteroatoms. The van der Waals surface area contributed by atoms with Gasteiger partial charge in [-0.2, -0.15) is 5.26 Å². The highest BCUT2D eigenvalue weighted by atomic mass is 16.3. The van der Waals surface area contributed by atoms with E-state index in [1.165, 1.54) is 0 Å². The highest BCUT2D eigenvalue weighted by Crippen LogP contribution is 2.30. The number of aryl methyl sites for hydroxylation is 1. The number of phenols is 1. The Hall–Kier alpha value is -4.58. The fourth-order valence-electron chi connectivity index (χ4n) is 3.43. The van der Waals surface area contributed by atoms with Crippen molar-refractivity contribution in [1.82, 2.24) is 34.7 Å². The van der Waals surface area contributed by atoms with Gasteiger partial charge < -0.3 is 5.11 Å². The van der Waals surface area contributed by atoms with Gasteiger partial charge in [-0.3, -0.25) is 4.57 Å². The van der Waals surface area contributed by atoms with Crippen molar-refractivity contribution in [3.8, 4) is 40.3 Å². The van der Waals surface area contributed by atoms with Gasteiger partial charge in [0, 0.05) is 23.0 Å². The van der Waals surface area contributed by atoms with Crippen molar-refractivity contribution < 1.29 is 5.11 Å². The number of para-hydroxylation sites is 1. The third-order valence-electron chi connectivity index (χ3n) is 4.86. The number of pyridine rings is 1. The molecule has 5 rings (SSSR count). The minimum atomic E-state index is 0.190. The van der Waals surface area contributed by atoms with E-state index in [4.69, 9.17) is 10.2 Å². The lowest BCUT2D eigenvalue weighted by atomic mass is 10.2. The van der Waals surface area contributed by atoms with Crippen molar-refractivity contribution in [2.75, 3.05) is 0 Å². The number of hydrogen-bond acceptors (Lipinski definition) is 7. The van der Waals surface area contributed by atoms with Crippen molar-refractivity contribution in [3.63, 3.8) is 0 Å². The Morgan fingerprint density at radius 1 is 0.968 bits per heavy atom. The molecule has 0 atom stereocenters. The zero-order chi connectivity index (χ0) is 21.2. The zero-order valence-corrected chi connectivity index (χ0v) is 16.3. The van der Waals surface area contributed by atoms with Crippen LogP contribution in [0.2, 0.25) is 0 Å². The molecule has 1 N–H and O–H groups in total. The van der Waals surface area contributed by atoms with Gasteiger partial charge in [-0.25, -0.2) is 14.6 Å². The number of fused-ring (bicyclic) bond motifs is 1. The Labute approximate surface area is 176 Å². The second kappa shape index (κ2) is 7.68. The molecule has 150 valence electrons. The number of aromatic hydroxyl groups is 1. The van der Waals surface area contributed by atoms with Gasteiger partial charge in [-0.05, 0) is 52.9 Å². The summed E-state index contributed by atoms with van der Waals surface area (Å²) in [5, 5.41) is 30.3. The Morgan fingerprint density at radius 2 is 1.77 bits per heavy atom. The summed E-state index contributed by atoms with van der Waals surface area (Å²) in [6, 6.07) is 20.7. The third kappa shape index (κ3) is 3.36. The number of hydrogen-bond donors (Lipinski definition) is 1. The fraction of sp³-hybridized carbons (Fsp3) is 0.0909. The van der Waals surface area contributed by atoms with E-state index in [-0.39, 0.29) is 5.75 Å². The van der Waals surface area contributed by atoms with Gasteiger partial charge in [0.2, 0.25) is 0 Å². The molecule has 0 saturated heterocycles. The molecule has 31 heavy (non-hydrogen) atoms. The van der Waals surface area contributed by atoms with Crippen molar-refractivity contribution in [2.45, 2.75) is 13.0 Å². The molecule has 0 radical (unpaired) electrons. The second-order valence-electron chi connectivity index (χ2n) is 6.85. The van der Waals surface area contributed by atoms with Crippen molar-refractivity contribution in [2.24, 2.45) is 0 Å². The van der Waals surface area contributed by atoms with E-state index in [0.717, 1.165) is 11.3 Å². The first-order chi connectivity index (χ1) is 15.2. The summed E-state index contributed by atoms with van der Waals surface area (Å²) in [5.74, 6) is 1.43. The first kappa shape index (κ1) is 18.4. The van der Waals surface area contributed by atoms with Crippen LogP contribution in [-0.4, -0.2) is 39.8 Å².